The van der Waals surface area contributed by atoms with Crippen molar-refractivity contribution in [1.82, 2.24) is 9.97 Å². The molecule has 0 radical (unpaired) electrons. The fourth-order valence-corrected chi connectivity index (χ4v) is 0.966. The minimum atomic E-state index is -4.51. The third-order valence-electron chi connectivity index (χ3n) is 1.30. The van der Waals surface area contributed by atoms with Crippen molar-refractivity contribution in [2.75, 3.05) is 0 Å². The second kappa shape index (κ2) is 3.49. The van der Waals surface area contributed by atoms with E-state index >= 15 is 0 Å². The van der Waals surface area contributed by atoms with Crippen LogP contribution in [0.2, 0.25) is 0 Å². The molecule has 0 unspecified atom stereocenters. The second-order valence-electron chi connectivity index (χ2n) is 2.46. The molecule has 2 nitrogen and oxygen atoms in total. The fraction of sp³-hybridized carbons (Fsp3) is 0.429. The first-order valence-corrected chi connectivity index (χ1v) is 3.94. The Morgan fingerprint density at radius 1 is 1.38 bits per heavy atom. The highest BCUT2D eigenvalue weighted by Gasteiger charge is 2.34. The first-order chi connectivity index (χ1) is 5.93. The van der Waals surface area contributed by atoms with Gasteiger partial charge in [0.1, 0.15) is 0 Å². The van der Waals surface area contributed by atoms with Crippen molar-refractivity contribution in [3.63, 3.8) is 0 Å². The summed E-state index contributed by atoms with van der Waals surface area (Å²) in [5.41, 5.74) is 0.444. The number of aromatic nitrogens is 2. The van der Waals surface area contributed by atoms with Gasteiger partial charge < -0.3 is 0 Å². The average molecular weight is 211 g/mol. The number of aryl methyl sites for hydroxylation is 1. The number of alkyl halides is 4. The molecule has 0 spiro atoms. The van der Waals surface area contributed by atoms with Crippen molar-refractivity contribution in [2.45, 2.75) is 19.0 Å². The van der Waals surface area contributed by atoms with Gasteiger partial charge in [-0.1, -0.05) is 0 Å². The number of halogens is 4. The molecule has 0 fully saturated rings. The largest absolute Gasteiger partial charge is 0.451 e. The monoisotopic (exact) mass is 210 g/mol. The van der Waals surface area contributed by atoms with Crippen LogP contribution >= 0.6 is 11.6 Å². The number of hydrogen-bond acceptors (Lipinski definition) is 2. The van der Waals surface area contributed by atoms with Gasteiger partial charge in [0, 0.05) is 5.69 Å². The third-order valence-corrected chi connectivity index (χ3v) is 1.57. The van der Waals surface area contributed by atoms with Gasteiger partial charge in [-0.2, -0.15) is 13.2 Å². The summed E-state index contributed by atoms with van der Waals surface area (Å²) in [6, 6.07) is 1.42. The van der Waals surface area contributed by atoms with Crippen molar-refractivity contribution in [3.05, 3.63) is 23.3 Å². The Kier molecular flexibility index (Phi) is 2.75. The molecule has 1 rings (SSSR count). The van der Waals surface area contributed by atoms with E-state index in [4.69, 9.17) is 11.6 Å². The van der Waals surface area contributed by atoms with Crippen LogP contribution in [-0.4, -0.2) is 9.97 Å². The number of hydrogen-bond donors (Lipinski definition) is 0. The van der Waals surface area contributed by atoms with Gasteiger partial charge in [0.2, 0.25) is 5.82 Å². The molecule has 0 aliphatic heterocycles. The van der Waals surface area contributed by atoms with Gasteiger partial charge in [0.25, 0.3) is 0 Å². The Labute approximate surface area is 77.8 Å². The molecular formula is C7H6ClF3N2. The summed E-state index contributed by atoms with van der Waals surface area (Å²) in [5.74, 6) is -1.19. The summed E-state index contributed by atoms with van der Waals surface area (Å²) < 4.78 is 36.3. The van der Waals surface area contributed by atoms with E-state index in [0.29, 0.717) is 0 Å². The minimum Gasteiger partial charge on any atom is -0.230 e. The highest BCUT2D eigenvalue weighted by Crippen LogP contribution is 2.26. The van der Waals surface area contributed by atoms with E-state index in [-0.39, 0.29) is 17.3 Å². The van der Waals surface area contributed by atoms with Crippen molar-refractivity contribution in [3.8, 4) is 0 Å². The summed E-state index contributed by atoms with van der Waals surface area (Å²) in [6.07, 6.45) is -4.51. The van der Waals surface area contributed by atoms with Crippen LogP contribution in [-0.2, 0) is 12.1 Å². The van der Waals surface area contributed by atoms with Crippen LogP contribution in [0.3, 0.4) is 0 Å². The van der Waals surface area contributed by atoms with Gasteiger partial charge in [-0.25, -0.2) is 9.97 Å². The molecule has 0 bridgehead atoms. The van der Waals surface area contributed by atoms with E-state index in [9.17, 15) is 13.2 Å². The fourth-order valence-electron chi connectivity index (χ4n) is 0.829. The summed E-state index contributed by atoms with van der Waals surface area (Å²) in [5, 5.41) is 0. The molecule has 72 valence electrons. The quantitative estimate of drug-likeness (QED) is 0.666. The van der Waals surface area contributed by atoms with E-state index in [1.165, 1.54) is 13.0 Å². The van der Waals surface area contributed by atoms with Gasteiger partial charge in [-0.3, -0.25) is 0 Å². The van der Waals surface area contributed by atoms with Crippen molar-refractivity contribution >= 4 is 11.6 Å². The van der Waals surface area contributed by atoms with Crippen LogP contribution in [0.5, 0.6) is 0 Å². The van der Waals surface area contributed by atoms with E-state index < -0.39 is 12.0 Å². The van der Waals surface area contributed by atoms with Gasteiger partial charge in [-0.15, -0.1) is 11.6 Å². The molecule has 0 saturated carbocycles. The van der Waals surface area contributed by atoms with Crippen LogP contribution in [0.1, 0.15) is 17.2 Å². The normalized spacial score (nSPS) is 11.8. The Hall–Kier alpha value is -0.840. The molecule has 0 atom stereocenters. The van der Waals surface area contributed by atoms with E-state index in [2.05, 4.69) is 9.97 Å². The summed E-state index contributed by atoms with van der Waals surface area (Å²) >= 11 is 5.36. The van der Waals surface area contributed by atoms with Crippen molar-refractivity contribution in [2.24, 2.45) is 0 Å². The maximum atomic E-state index is 12.1. The zero-order valence-electron chi connectivity index (χ0n) is 6.69. The smallest absolute Gasteiger partial charge is 0.230 e. The van der Waals surface area contributed by atoms with Crippen LogP contribution < -0.4 is 0 Å². The standard InChI is InChI=1S/C7H6ClF3N2/c1-4-2-5(3-8)13-6(12-4)7(9,10)11/h2H,3H2,1H3. The van der Waals surface area contributed by atoms with E-state index in [1.54, 1.807) is 0 Å². The van der Waals surface area contributed by atoms with Crippen LogP contribution in [0.15, 0.2) is 6.07 Å². The second-order valence-corrected chi connectivity index (χ2v) is 2.72. The predicted molar refractivity (Wildman–Crippen MR) is 41.3 cm³/mol. The first-order valence-electron chi connectivity index (χ1n) is 3.41. The Balaban J connectivity index is 3.16. The summed E-state index contributed by atoms with van der Waals surface area (Å²) in [4.78, 5) is 6.51. The Morgan fingerprint density at radius 2 is 2.00 bits per heavy atom. The molecule has 0 amide bonds. The Bertz CT molecular complexity index is 311. The van der Waals surface area contributed by atoms with Crippen molar-refractivity contribution in [1.29, 1.82) is 0 Å². The molecule has 1 aromatic rings. The third kappa shape index (κ3) is 2.55. The topological polar surface area (TPSA) is 25.8 Å². The molecule has 13 heavy (non-hydrogen) atoms. The molecule has 0 aromatic carbocycles. The molecule has 1 heterocycles. The molecule has 0 N–H and O–H groups in total. The average Bonchev–Trinajstić information content (AvgIpc) is 2.01. The van der Waals surface area contributed by atoms with Gasteiger partial charge in [-0.05, 0) is 13.0 Å². The lowest BCUT2D eigenvalue weighted by molar-refractivity contribution is -0.145. The molecule has 6 heteroatoms. The highest BCUT2D eigenvalue weighted by atomic mass is 35.5. The molecule has 0 aliphatic rings. The van der Waals surface area contributed by atoms with Crippen LogP contribution in [0.25, 0.3) is 0 Å². The highest BCUT2D eigenvalue weighted by molar-refractivity contribution is 6.16. The lowest BCUT2D eigenvalue weighted by atomic mass is 10.3. The van der Waals surface area contributed by atoms with Crippen LogP contribution in [0, 0.1) is 6.92 Å². The molecule has 0 saturated heterocycles. The van der Waals surface area contributed by atoms with Gasteiger partial charge in [0.05, 0.1) is 11.6 Å². The Morgan fingerprint density at radius 3 is 2.46 bits per heavy atom. The predicted octanol–water partition coefficient (Wildman–Crippen LogP) is 2.54. The summed E-state index contributed by atoms with van der Waals surface area (Å²) in [6.45, 7) is 1.47. The maximum Gasteiger partial charge on any atom is 0.451 e. The molecule has 0 aliphatic carbocycles. The SMILES string of the molecule is Cc1cc(CCl)nc(C(F)(F)F)n1. The van der Waals surface area contributed by atoms with Crippen molar-refractivity contribution < 1.29 is 13.2 Å². The van der Waals surface area contributed by atoms with Crippen LogP contribution in [0.4, 0.5) is 13.2 Å². The van der Waals surface area contributed by atoms with Gasteiger partial charge >= 0.3 is 6.18 Å². The number of rotatable bonds is 1. The lowest BCUT2D eigenvalue weighted by Gasteiger charge is -2.06. The first kappa shape index (κ1) is 10.2. The van der Waals surface area contributed by atoms with Gasteiger partial charge in [0.15, 0.2) is 0 Å². The van der Waals surface area contributed by atoms with E-state index in [0.717, 1.165) is 0 Å². The zero-order chi connectivity index (χ0) is 10.1. The minimum absolute atomic E-state index is 0.0492. The lowest BCUT2D eigenvalue weighted by Crippen LogP contribution is -2.12. The summed E-state index contributed by atoms with van der Waals surface area (Å²) in [7, 11) is 0. The zero-order valence-corrected chi connectivity index (χ0v) is 7.45. The molecular weight excluding hydrogens is 205 g/mol. The maximum absolute atomic E-state index is 12.1. The number of nitrogens with zero attached hydrogens (tertiary/aromatic N) is 2. The molecule has 1 aromatic heterocycles. The van der Waals surface area contributed by atoms with E-state index in [1.807, 2.05) is 0 Å².